The monoisotopic (exact) mass is 472 g/mol. The maximum Gasteiger partial charge on any atom is 0.253 e. The zero-order chi connectivity index (χ0) is 23.8. The molecule has 3 aliphatic rings. The van der Waals surface area contributed by atoms with Gasteiger partial charge in [-0.1, -0.05) is 12.1 Å². The van der Waals surface area contributed by atoms with Gasteiger partial charge in [-0.2, -0.15) is 4.98 Å². The van der Waals surface area contributed by atoms with Gasteiger partial charge in [-0.05, 0) is 37.1 Å². The van der Waals surface area contributed by atoms with E-state index in [0.717, 1.165) is 54.4 Å². The van der Waals surface area contributed by atoms with E-state index in [1.165, 1.54) is 0 Å². The fourth-order valence-corrected chi connectivity index (χ4v) is 5.07. The predicted molar refractivity (Wildman–Crippen MR) is 132 cm³/mol. The summed E-state index contributed by atoms with van der Waals surface area (Å²) in [6, 6.07) is 11.7. The van der Waals surface area contributed by atoms with Crippen LogP contribution in [0.4, 0.5) is 17.5 Å². The fraction of sp³-hybridized carbons (Fsp3) is 0.385. The molecule has 1 amide bonds. The topological polar surface area (TPSA) is 94.9 Å². The largest absolute Gasteiger partial charge is 0.391 e. The predicted octanol–water partition coefficient (Wildman–Crippen LogP) is 2.28. The summed E-state index contributed by atoms with van der Waals surface area (Å²) in [5, 5.41) is 9.87. The molecule has 0 spiro atoms. The first kappa shape index (κ1) is 21.9. The molecule has 2 fully saturated rings. The highest BCUT2D eigenvalue weighted by molar-refractivity contribution is 5.96. The van der Waals surface area contributed by atoms with Gasteiger partial charge >= 0.3 is 0 Å². The Balaban J connectivity index is 1.42. The fourth-order valence-electron chi connectivity index (χ4n) is 5.07. The summed E-state index contributed by atoms with van der Waals surface area (Å²) in [6.07, 6.45) is 4.58. The number of aliphatic hydroxyl groups excluding tert-OH is 1. The Kier molecular flexibility index (Phi) is 5.79. The van der Waals surface area contributed by atoms with Crippen molar-refractivity contribution in [1.29, 1.82) is 0 Å². The van der Waals surface area contributed by atoms with Gasteiger partial charge in [0.15, 0.2) is 0 Å². The van der Waals surface area contributed by atoms with Crippen LogP contribution in [0.1, 0.15) is 22.3 Å². The average Bonchev–Trinajstić information content (AvgIpc) is 3.55. The number of aromatic nitrogens is 3. The Morgan fingerprint density at radius 2 is 1.86 bits per heavy atom. The van der Waals surface area contributed by atoms with Crippen LogP contribution in [-0.4, -0.2) is 82.9 Å². The zero-order valence-corrected chi connectivity index (χ0v) is 19.5. The number of pyridine rings is 1. The molecule has 1 unspecified atom stereocenters. The first-order valence-electron chi connectivity index (χ1n) is 12.2. The maximum absolute atomic E-state index is 13.1. The van der Waals surface area contributed by atoms with Gasteiger partial charge in [0.2, 0.25) is 5.95 Å². The summed E-state index contributed by atoms with van der Waals surface area (Å²) >= 11 is 0. The van der Waals surface area contributed by atoms with E-state index in [1.807, 2.05) is 36.4 Å². The van der Waals surface area contributed by atoms with E-state index in [9.17, 15) is 9.90 Å². The quantitative estimate of drug-likeness (QED) is 0.618. The van der Waals surface area contributed by atoms with Crippen LogP contribution in [0.5, 0.6) is 0 Å². The number of carbonyl (C=O) groups excluding carboxylic acids is 1. The first-order chi connectivity index (χ1) is 17.2. The Morgan fingerprint density at radius 3 is 2.63 bits per heavy atom. The van der Waals surface area contributed by atoms with Gasteiger partial charge in [-0.25, -0.2) is 4.98 Å². The lowest BCUT2D eigenvalue weighted by atomic mass is 10.0. The highest BCUT2D eigenvalue weighted by atomic mass is 16.5. The van der Waals surface area contributed by atoms with Gasteiger partial charge in [0.05, 0.1) is 25.0 Å². The second-order valence-corrected chi connectivity index (χ2v) is 9.16. The molecule has 5 heterocycles. The number of β-amino-alcohol motifs (C(OH)–C–C–N with tert-alkyl or cyclic N) is 1. The Morgan fingerprint density at radius 1 is 1.03 bits per heavy atom. The molecule has 6 rings (SSSR count). The van der Waals surface area contributed by atoms with Crippen molar-refractivity contribution in [3.05, 3.63) is 59.9 Å². The van der Waals surface area contributed by atoms with E-state index in [-0.39, 0.29) is 5.91 Å². The van der Waals surface area contributed by atoms with Gasteiger partial charge in [-0.15, -0.1) is 0 Å². The number of rotatable bonds is 4. The Bertz CT molecular complexity index is 1230. The van der Waals surface area contributed by atoms with Crippen molar-refractivity contribution in [2.45, 2.75) is 18.9 Å². The van der Waals surface area contributed by atoms with Gasteiger partial charge in [-0.3, -0.25) is 9.78 Å². The number of amides is 1. The molecule has 180 valence electrons. The Hall–Kier alpha value is -3.56. The number of carbonyl (C=O) groups is 1. The minimum Gasteiger partial charge on any atom is -0.391 e. The van der Waals surface area contributed by atoms with Crippen molar-refractivity contribution in [2.24, 2.45) is 0 Å². The number of ether oxygens (including phenoxy) is 1. The second-order valence-electron chi connectivity index (χ2n) is 9.16. The number of likely N-dealkylation sites (tertiary alicyclic amines) is 1. The molecule has 3 aliphatic heterocycles. The molecule has 2 saturated heterocycles. The van der Waals surface area contributed by atoms with Crippen molar-refractivity contribution < 1.29 is 14.6 Å². The number of hydrogen-bond donors (Lipinski definition) is 1. The van der Waals surface area contributed by atoms with Crippen LogP contribution in [0.2, 0.25) is 0 Å². The van der Waals surface area contributed by atoms with Crippen LogP contribution in [-0.2, 0) is 11.2 Å². The van der Waals surface area contributed by atoms with E-state index in [0.29, 0.717) is 44.2 Å². The molecule has 2 aromatic heterocycles. The van der Waals surface area contributed by atoms with Gasteiger partial charge in [0.1, 0.15) is 5.82 Å². The molecule has 3 aromatic rings. The number of fused-ring (bicyclic) bond motifs is 1. The SMILES string of the molecule is O=C(c1cccc(-c2nc(N3CCOCC3)nc3c2CCN3c2ccncc2)c1)N1CCC(O)C1. The number of morpholine rings is 1. The van der Waals surface area contributed by atoms with Gasteiger partial charge in [0, 0.05) is 67.5 Å². The summed E-state index contributed by atoms with van der Waals surface area (Å²) in [7, 11) is 0. The molecule has 35 heavy (non-hydrogen) atoms. The summed E-state index contributed by atoms with van der Waals surface area (Å²) in [6.45, 7) is 4.54. The molecular formula is C26H28N6O3. The van der Waals surface area contributed by atoms with Crippen molar-refractivity contribution >= 4 is 23.4 Å². The zero-order valence-electron chi connectivity index (χ0n) is 19.5. The lowest BCUT2D eigenvalue weighted by molar-refractivity contribution is 0.0765. The van der Waals surface area contributed by atoms with Crippen molar-refractivity contribution in [1.82, 2.24) is 19.9 Å². The van der Waals surface area contributed by atoms with Gasteiger partial charge < -0.3 is 24.5 Å². The maximum atomic E-state index is 13.1. The minimum atomic E-state index is -0.442. The smallest absolute Gasteiger partial charge is 0.253 e. The summed E-state index contributed by atoms with van der Waals surface area (Å²) < 4.78 is 5.54. The van der Waals surface area contributed by atoms with Crippen LogP contribution >= 0.6 is 0 Å². The van der Waals surface area contributed by atoms with Crippen molar-refractivity contribution in [3.63, 3.8) is 0 Å². The number of benzene rings is 1. The molecule has 1 aromatic carbocycles. The standard InChI is InChI=1S/C26H28N6O3/c33-21-6-10-31(17-21)25(34)19-3-1-2-18(16-19)23-22-7-11-32(20-4-8-27-9-5-20)24(22)29-26(28-23)30-12-14-35-15-13-30/h1-5,8-9,16,21,33H,6-7,10-15,17H2. The van der Waals surface area contributed by atoms with Crippen LogP contribution < -0.4 is 9.80 Å². The number of nitrogens with zero attached hydrogens (tertiary/aromatic N) is 6. The first-order valence-corrected chi connectivity index (χ1v) is 12.2. The number of aliphatic hydroxyl groups is 1. The van der Waals surface area contributed by atoms with Crippen LogP contribution in [0, 0.1) is 0 Å². The lowest BCUT2D eigenvalue weighted by Crippen LogP contribution is -2.37. The van der Waals surface area contributed by atoms with E-state index in [2.05, 4.69) is 14.8 Å². The van der Waals surface area contributed by atoms with E-state index in [4.69, 9.17) is 14.7 Å². The van der Waals surface area contributed by atoms with E-state index in [1.54, 1.807) is 17.3 Å². The summed E-state index contributed by atoms with van der Waals surface area (Å²) in [4.78, 5) is 33.4. The summed E-state index contributed by atoms with van der Waals surface area (Å²) in [5.74, 6) is 1.53. The lowest BCUT2D eigenvalue weighted by Gasteiger charge is -2.28. The normalized spacial score (nSPS) is 19.8. The second kappa shape index (κ2) is 9.24. The molecule has 0 saturated carbocycles. The molecule has 1 atom stereocenters. The van der Waals surface area contributed by atoms with Crippen LogP contribution in [0.3, 0.4) is 0 Å². The van der Waals surface area contributed by atoms with Crippen molar-refractivity contribution in [2.75, 3.05) is 55.7 Å². The molecule has 0 bridgehead atoms. The van der Waals surface area contributed by atoms with E-state index >= 15 is 0 Å². The van der Waals surface area contributed by atoms with Crippen LogP contribution in [0.15, 0.2) is 48.8 Å². The molecule has 1 N–H and O–H groups in total. The molecule has 9 heteroatoms. The third-order valence-electron chi connectivity index (χ3n) is 6.92. The highest BCUT2D eigenvalue weighted by Gasteiger charge is 2.30. The van der Waals surface area contributed by atoms with Crippen molar-refractivity contribution in [3.8, 4) is 11.3 Å². The molecule has 0 aliphatic carbocycles. The molecule has 9 nitrogen and oxygen atoms in total. The third-order valence-corrected chi connectivity index (χ3v) is 6.92. The van der Waals surface area contributed by atoms with E-state index < -0.39 is 6.10 Å². The summed E-state index contributed by atoms with van der Waals surface area (Å²) in [5.41, 5.74) is 4.51. The number of anilines is 3. The molecule has 0 radical (unpaired) electrons. The third kappa shape index (κ3) is 4.21. The average molecular weight is 473 g/mol. The highest BCUT2D eigenvalue weighted by Crippen LogP contribution is 2.39. The minimum absolute atomic E-state index is 0.0547. The molecular weight excluding hydrogens is 444 g/mol. The van der Waals surface area contributed by atoms with Gasteiger partial charge in [0.25, 0.3) is 5.91 Å². The Labute approximate surface area is 204 Å². The van der Waals surface area contributed by atoms with Crippen LogP contribution in [0.25, 0.3) is 11.3 Å². The number of hydrogen-bond acceptors (Lipinski definition) is 8.